The summed E-state index contributed by atoms with van der Waals surface area (Å²) in [5.41, 5.74) is 6.48. The molecule has 38 heavy (non-hydrogen) atoms. The minimum atomic E-state index is -0.805. The lowest BCUT2D eigenvalue weighted by atomic mass is 9.83. The number of aromatic nitrogens is 3. The van der Waals surface area contributed by atoms with Crippen LogP contribution in [0.4, 0.5) is 0 Å². The summed E-state index contributed by atoms with van der Waals surface area (Å²) in [6, 6.07) is 9.95. The summed E-state index contributed by atoms with van der Waals surface area (Å²) in [4.78, 5) is 51.3. The third-order valence-corrected chi connectivity index (χ3v) is 7.16. The van der Waals surface area contributed by atoms with Crippen molar-refractivity contribution < 1.29 is 19.1 Å². The van der Waals surface area contributed by atoms with Crippen LogP contribution in [0.25, 0.3) is 5.69 Å². The van der Waals surface area contributed by atoms with E-state index in [1.807, 2.05) is 33.8 Å². The highest BCUT2D eigenvalue weighted by atomic mass is 16.5. The largest absolute Gasteiger partial charge is 0.483 e. The number of ketones is 1. The van der Waals surface area contributed by atoms with Crippen LogP contribution in [0.5, 0.6) is 11.5 Å². The Morgan fingerprint density at radius 1 is 1.08 bits per heavy atom. The normalized spacial score (nSPS) is 18.0. The summed E-state index contributed by atoms with van der Waals surface area (Å²) in [5.74, 6) is -0.0330. The second-order valence-electron chi connectivity index (χ2n) is 10.5. The summed E-state index contributed by atoms with van der Waals surface area (Å²) in [6.45, 7) is 9.10. The van der Waals surface area contributed by atoms with Crippen molar-refractivity contribution in [2.75, 3.05) is 0 Å². The van der Waals surface area contributed by atoms with E-state index in [-0.39, 0.29) is 24.0 Å². The van der Waals surface area contributed by atoms with E-state index in [0.29, 0.717) is 22.6 Å². The Morgan fingerprint density at radius 3 is 2.39 bits per heavy atom. The Balaban J connectivity index is 1.61. The first-order valence-electron chi connectivity index (χ1n) is 12.5. The van der Waals surface area contributed by atoms with E-state index in [0.717, 1.165) is 10.1 Å². The fourth-order valence-electron chi connectivity index (χ4n) is 4.96. The molecule has 0 fully saturated rings. The highest BCUT2D eigenvalue weighted by molar-refractivity contribution is 5.94. The van der Waals surface area contributed by atoms with Gasteiger partial charge in [-0.1, -0.05) is 19.9 Å². The van der Waals surface area contributed by atoms with Gasteiger partial charge in [0.15, 0.2) is 5.78 Å². The van der Waals surface area contributed by atoms with Gasteiger partial charge in [0.25, 0.3) is 0 Å². The second-order valence-corrected chi connectivity index (χ2v) is 10.5. The SMILES string of the molecule is CC(=O)c1ccc(-n2c(=O)n3n(c2=O)C2C(=CC3)C(C)(C)Oc3cc(OC(=O)[C@@H](N)C(C)C)ccc32)cc1. The molecule has 10 heteroatoms. The van der Waals surface area contributed by atoms with Gasteiger partial charge in [0.1, 0.15) is 29.2 Å². The summed E-state index contributed by atoms with van der Waals surface area (Å²) >= 11 is 0. The molecule has 1 unspecified atom stereocenters. The Morgan fingerprint density at radius 2 is 1.76 bits per heavy atom. The number of ether oxygens (including phenoxy) is 2. The van der Waals surface area contributed by atoms with Crippen LogP contribution in [0.2, 0.25) is 0 Å². The van der Waals surface area contributed by atoms with Gasteiger partial charge in [0.05, 0.1) is 12.2 Å². The number of hydrogen-bond acceptors (Lipinski definition) is 7. The number of fused-ring (bicyclic) bond motifs is 5. The van der Waals surface area contributed by atoms with Crippen LogP contribution in [0, 0.1) is 5.92 Å². The fourth-order valence-corrected chi connectivity index (χ4v) is 4.96. The van der Waals surface area contributed by atoms with Crippen molar-refractivity contribution in [1.82, 2.24) is 13.9 Å². The first-order valence-corrected chi connectivity index (χ1v) is 12.5. The number of Topliss-reactive ketones (excluding diaryl/α,β-unsaturated/α-hetero) is 1. The Labute approximate surface area is 218 Å². The molecule has 5 rings (SSSR count). The first kappa shape index (κ1) is 25.5. The van der Waals surface area contributed by atoms with E-state index in [4.69, 9.17) is 15.2 Å². The highest BCUT2D eigenvalue weighted by Gasteiger charge is 2.44. The van der Waals surface area contributed by atoms with Crippen LogP contribution in [0.15, 0.2) is 63.7 Å². The number of hydrogen-bond donors (Lipinski definition) is 1. The lowest BCUT2D eigenvalue weighted by molar-refractivity contribution is -0.136. The average Bonchev–Trinajstić information content (AvgIpc) is 3.12. The number of nitrogens with two attached hydrogens (primary N) is 1. The maximum atomic E-state index is 13.8. The number of nitrogens with zero attached hydrogens (tertiary/aromatic N) is 3. The van der Waals surface area contributed by atoms with Crippen LogP contribution < -0.4 is 26.6 Å². The summed E-state index contributed by atoms with van der Waals surface area (Å²) in [6.07, 6.45) is 1.91. The highest BCUT2D eigenvalue weighted by Crippen LogP contribution is 2.47. The molecule has 2 aliphatic rings. The summed E-state index contributed by atoms with van der Waals surface area (Å²) in [5, 5.41) is 0. The van der Waals surface area contributed by atoms with Gasteiger partial charge in [-0.05, 0) is 68.7 Å². The molecule has 2 N–H and O–H groups in total. The van der Waals surface area contributed by atoms with Gasteiger partial charge in [0.2, 0.25) is 0 Å². The molecule has 0 bridgehead atoms. The lowest BCUT2D eigenvalue weighted by Gasteiger charge is -2.42. The molecule has 2 aliphatic heterocycles. The summed E-state index contributed by atoms with van der Waals surface area (Å²) < 4.78 is 15.7. The van der Waals surface area contributed by atoms with E-state index in [9.17, 15) is 19.2 Å². The Kier molecular flexibility index (Phi) is 6.02. The fraction of sp³-hybridized carbons (Fsp3) is 0.357. The number of allylic oxidation sites excluding steroid dienone is 1. The van der Waals surface area contributed by atoms with Gasteiger partial charge in [-0.15, -0.1) is 0 Å². The number of rotatable bonds is 5. The number of carbonyl (C=O) groups excluding carboxylic acids is 2. The van der Waals surface area contributed by atoms with Crippen molar-refractivity contribution >= 4 is 11.8 Å². The molecule has 3 aromatic rings. The Hall–Kier alpha value is -4.18. The van der Waals surface area contributed by atoms with E-state index >= 15 is 0 Å². The minimum absolute atomic E-state index is 0.0865. The molecule has 0 aliphatic carbocycles. The standard InChI is InChI=1S/C28H30N4O6/c1-15(2)23(29)25(34)37-19-10-11-20-22(14-19)38-28(4,5)21-12-13-30-26(35)31(27(36)32(30)24(20)21)18-8-6-17(7-9-18)16(3)33/h6-12,14-15,23-24H,13,29H2,1-5H3/t23-,24?/m0/s1. The van der Waals surface area contributed by atoms with Crippen molar-refractivity contribution in [3.05, 3.63) is 86.2 Å². The Bertz CT molecular complexity index is 1600. The monoisotopic (exact) mass is 518 g/mol. The van der Waals surface area contributed by atoms with Crippen LogP contribution in [-0.4, -0.2) is 37.3 Å². The van der Waals surface area contributed by atoms with E-state index in [2.05, 4.69) is 0 Å². The second kappa shape index (κ2) is 8.98. The first-order chi connectivity index (χ1) is 17.9. The van der Waals surface area contributed by atoms with Crippen LogP contribution >= 0.6 is 0 Å². The zero-order valence-electron chi connectivity index (χ0n) is 21.9. The van der Waals surface area contributed by atoms with E-state index < -0.39 is 35.0 Å². The molecule has 0 saturated carbocycles. The lowest BCUT2D eigenvalue weighted by Crippen LogP contribution is -2.46. The van der Waals surface area contributed by atoms with Gasteiger partial charge < -0.3 is 15.2 Å². The average molecular weight is 519 g/mol. The van der Waals surface area contributed by atoms with Crippen molar-refractivity contribution in [2.45, 2.75) is 58.8 Å². The van der Waals surface area contributed by atoms with Crippen molar-refractivity contribution in [3.63, 3.8) is 0 Å². The molecule has 0 saturated heterocycles. The van der Waals surface area contributed by atoms with Gasteiger partial charge in [-0.25, -0.2) is 28.3 Å². The zero-order valence-corrected chi connectivity index (χ0v) is 21.9. The zero-order chi connectivity index (χ0) is 27.5. The maximum Gasteiger partial charge on any atom is 0.352 e. The number of carbonyl (C=O) groups is 2. The molecule has 1 aromatic heterocycles. The molecule has 198 valence electrons. The van der Waals surface area contributed by atoms with Gasteiger partial charge in [-0.3, -0.25) is 4.79 Å². The van der Waals surface area contributed by atoms with Gasteiger partial charge >= 0.3 is 17.3 Å². The third kappa shape index (κ3) is 4.01. The minimum Gasteiger partial charge on any atom is -0.483 e. The molecule has 3 heterocycles. The smallest absolute Gasteiger partial charge is 0.352 e. The molecule has 0 radical (unpaired) electrons. The van der Waals surface area contributed by atoms with Crippen molar-refractivity contribution in [3.8, 4) is 17.2 Å². The molecule has 0 spiro atoms. The van der Waals surface area contributed by atoms with E-state index in [1.54, 1.807) is 42.5 Å². The summed E-state index contributed by atoms with van der Waals surface area (Å²) in [7, 11) is 0. The molecular weight excluding hydrogens is 488 g/mol. The van der Waals surface area contributed by atoms with Gasteiger partial charge in [-0.2, -0.15) is 0 Å². The molecule has 0 amide bonds. The van der Waals surface area contributed by atoms with Crippen LogP contribution in [0.1, 0.15) is 56.6 Å². The topological polar surface area (TPSA) is 128 Å². The molecular formula is C28H30N4O6. The van der Waals surface area contributed by atoms with Gasteiger partial charge in [0, 0.05) is 17.2 Å². The van der Waals surface area contributed by atoms with Crippen molar-refractivity contribution in [2.24, 2.45) is 11.7 Å². The molecule has 2 atom stereocenters. The molecule has 2 aromatic carbocycles. The predicted molar refractivity (Wildman–Crippen MR) is 140 cm³/mol. The third-order valence-electron chi connectivity index (χ3n) is 7.16. The van der Waals surface area contributed by atoms with Crippen LogP contribution in [-0.2, 0) is 11.3 Å². The quantitative estimate of drug-likeness (QED) is 0.238. The number of esters is 1. The maximum absolute atomic E-state index is 13.8. The predicted octanol–water partition coefficient (Wildman–Crippen LogP) is 2.59. The number of benzene rings is 2. The molecule has 10 nitrogen and oxygen atoms in total. The van der Waals surface area contributed by atoms with Crippen LogP contribution in [0.3, 0.4) is 0 Å². The van der Waals surface area contributed by atoms with Crippen molar-refractivity contribution in [1.29, 1.82) is 0 Å². The van der Waals surface area contributed by atoms with E-state index in [1.165, 1.54) is 16.3 Å².